The Hall–Kier alpha value is -1.62. The zero-order valence-corrected chi connectivity index (χ0v) is 14.9. The monoisotopic (exact) mass is 319 g/mol. The third-order valence-corrected chi connectivity index (χ3v) is 4.66. The molecule has 2 amide bonds. The van der Waals surface area contributed by atoms with Crippen LogP contribution in [0.15, 0.2) is 18.3 Å². The third kappa shape index (κ3) is 4.22. The van der Waals surface area contributed by atoms with Gasteiger partial charge in [0, 0.05) is 12.7 Å². The van der Waals surface area contributed by atoms with E-state index in [-0.39, 0.29) is 23.6 Å². The molecule has 1 aromatic rings. The second kappa shape index (κ2) is 7.30. The molecular weight excluding hydrogens is 290 g/mol. The van der Waals surface area contributed by atoms with Crippen LogP contribution >= 0.6 is 0 Å². The van der Waals surface area contributed by atoms with Crippen molar-refractivity contribution in [2.75, 3.05) is 19.7 Å². The molecular formula is C18H29N3O2. The number of ether oxygens (including phenoxy) is 1. The zero-order chi connectivity index (χ0) is 17.0. The normalized spacial score (nSPS) is 23.0. The minimum atomic E-state index is -0.246. The van der Waals surface area contributed by atoms with Crippen LogP contribution in [0, 0.1) is 12.8 Å². The molecule has 0 bridgehead atoms. The zero-order valence-electron chi connectivity index (χ0n) is 14.9. The van der Waals surface area contributed by atoms with Gasteiger partial charge in [-0.3, -0.25) is 4.98 Å². The molecule has 2 atom stereocenters. The number of amides is 2. The minimum absolute atomic E-state index is 0.0308. The molecule has 23 heavy (non-hydrogen) atoms. The number of carbonyl (C=O) groups is 1. The fourth-order valence-electron chi connectivity index (χ4n) is 2.92. The highest BCUT2D eigenvalue weighted by molar-refractivity contribution is 5.75. The molecule has 0 aliphatic carbocycles. The number of morpholine rings is 1. The van der Waals surface area contributed by atoms with Crippen LogP contribution in [0.2, 0.25) is 0 Å². The lowest BCUT2D eigenvalue weighted by atomic mass is 9.97. The molecule has 5 nitrogen and oxygen atoms in total. The largest absolute Gasteiger partial charge is 0.372 e. The van der Waals surface area contributed by atoms with E-state index in [0.29, 0.717) is 19.7 Å². The average Bonchev–Trinajstić information content (AvgIpc) is 2.53. The first-order valence-electron chi connectivity index (χ1n) is 8.47. The highest BCUT2D eigenvalue weighted by atomic mass is 16.5. The fraction of sp³-hybridized carbons (Fsp3) is 0.667. The summed E-state index contributed by atoms with van der Waals surface area (Å²) in [7, 11) is 0. The van der Waals surface area contributed by atoms with Crippen molar-refractivity contribution >= 4 is 6.03 Å². The Labute approximate surface area is 139 Å². The van der Waals surface area contributed by atoms with Crippen LogP contribution in [0.1, 0.15) is 51.4 Å². The van der Waals surface area contributed by atoms with E-state index in [0.717, 1.165) is 17.7 Å². The SMILES string of the molecule is CC[C@@]1(C)CN(C(=O)N[C@@H](c2ncccc2C)C(C)C)CCO1. The number of pyridine rings is 1. The number of nitrogens with zero attached hydrogens (tertiary/aromatic N) is 2. The molecule has 1 aromatic heterocycles. The highest BCUT2D eigenvalue weighted by Crippen LogP contribution is 2.25. The molecule has 1 N–H and O–H groups in total. The number of hydrogen-bond acceptors (Lipinski definition) is 3. The smallest absolute Gasteiger partial charge is 0.318 e. The standard InChI is InChI=1S/C18H29N3O2/c1-6-18(5)12-21(10-11-23-18)17(22)20-15(13(2)3)16-14(4)8-7-9-19-16/h7-9,13,15H,6,10-12H2,1-5H3,(H,20,22)/t15-,18+/m1/s1. The van der Waals surface area contributed by atoms with Crippen LogP contribution in [0.5, 0.6) is 0 Å². The molecule has 1 saturated heterocycles. The van der Waals surface area contributed by atoms with E-state index in [1.165, 1.54) is 0 Å². The quantitative estimate of drug-likeness (QED) is 0.926. The Balaban J connectivity index is 2.11. The van der Waals surface area contributed by atoms with Crippen molar-refractivity contribution in [1.29, 1.82) is 0 Å². The first-order valence-corrected chi connectivity index (χ1v) is 8.47. The lowest BCUT2D eigenvalue weighted by Gasteiger charge is -2.40. The summed E-state index contributed by atoms with van der Waals surface area (Å²) in [5.41, 5.74) is 1.80. The number of carbonyl (C=O) groups excluding carboxylic acids is 1. The van der Waals surface area contributed by atoms with Gasteiger partial charge >= 0.3 is 6.03 Å². The van der Waals surface area contributed by atoms with Gasteiger partial charge in [-0.1, -0.05) is 26.8 Å². The van der Waals surface area contributed by atoms with Gasteiger partial charge in [0.25, 0.3) is 0 Å². The van der Waals surface area contributed by atoms with Crippen molar-refractivity contribution in [2.45, 2.75) is 52.7 Å². The number of nitrogens with one attached hydrogen (secondary N) is 1. The molecule has 128 valence electrons. The van der Waals surface area contributed by atoms with Crippen molar-refractivity contribution in [3.63, 3.8) is 0 Å². The second-order valence-electron chi connectivity index (χ2n) is 6.95. The second-order valence-corrected chi connectivity index (χ2v) is 6.95. The van der Waals surface area contributed by atoms with E-state index in [1.807, 2.05) is 24.0 Å². The number of aromatic nitrogens is 1. The van der Waals surface area contributed by atoms with Gasteiger partial charge in [0.15, 0.2) is 0 Å². The van der Waals surface area contributed by atoms with Gasteiger partial charge in [-0.15, -0.1) is 0 Å². The van der Waals surface area contributed by atoms with Crippen LogP contribution in [0.25, 0.3) is 0 Å². The number of hydrogen-bond donors (Lipinski definition) is 1. The van der Waals surface area contributed by atoms with Crippen molar-refractivity contribution in [1.82, 2.24) is 15.2 Å². The lowest BCUT2D eigenvalue weighted by molar-refractivity contribution is -0.0875. The van der Waals surface area contributed by atoms with Crippen LogP contribution < -0.4 is 5.32 Å². The van der Waals surface area contributed by atoms with Crippen molar-refractivity contribution < 1.29 is 9.53 Å². The summed E-state index contributed by atoms with van der Waals surface area (Å²) in [6.45, 7) is 12.3. The maximum absolute atomic E-state index is 12.7. The molecule has 0 spiro atoms. The Morgan fingerprint density at radius 2 is 2.26 bits per heavy atom. The molecule has 1 fully saturated rings. The van der Waals surface area contributed by atoms with Gasteiger partial charge in [-0.05, 0) is 37.8 Å². The van der Waals surface area contributed by atoms with E-state index < -0.39 is 0 Å². The van der Waals surface area contributed by atoms with Crippen molar-refractivity contribution in [3.05, 3.63) is 29.6 Å². The van der Waals surface area contributed by atoms with Crippen LogP contribution in [-0.2, 0) is 4.74 Å². The first kappa shape index (κ1) is 17.7. The average molecular weight is 319 g/mol. The number of urea groups is 1. The maximum atomic E-state index is 12.7. The summed E-state index contributed by atoms with van der Waals surface area (Å²) < 4.78 is 5.82. The van der Waals surface area contributed by atoms with Crippen molar-refractivity contribution in [2.24, 2.45) is 5.92 Å². The highest BCUT2D eigenvalue weighted by Gasteiger charge is 2.33. The van der Waals surface area contributed by atoms with Gasteiger partial charge in [-0.2, -0.15) is 0 Å². The summed E-state index contributed by atoms with van der Waals surface area (Å²) in [5.74, 6) is 0.270. The van der Waals surface area contributed by atoms with E-state index in [4.69, 9.17) is 4.74 Å². The molecule has 0 unspecified atom stereocenters. The first-order chi connectivity index (χ1) is 10.9. The Kier molecular flexibility index (Phi) is 5.63. The van der Waals surface area contributed by atoms with Crippen LogP contribution in [0.3, 0.4) is 0 Å². The Morgan fingerprint density at radius 3 is 2.87 bits per heavy atom. The van der Waals surface area contributed by atoms with Gasteiger partial charge in [-0.25, -0.2) is 4.79 Å². The summed E-state index contributed by atoms with van der Waals surface area (Å²) in [5, 5.41) is 3.17. The summed E-state index contributed by atoms with van der Waals surface area (Å²) in [6, 6.07) is 3.84. The van der Waals surface area contributed by atoms with Crippen LogP contribution in [-0.4, -0.2) is 41.2 Å². The van der Waals surface area contributed by atoms with Crippen LogP contribution in [0.4, 0.5) is 4.79 Å². The van der Waals surface area contributed by atoms with E-state index in [1.54, 1.807) is 6.20 Å². The van der Waals surface area contributed by atoms with E-state index >= 15 is 0 Å². The predicted molar refractivity (Wildman–Crippen MR) is 91.3 cm³/mol. The number of rotatable bonds is 4. The third-order valence-electron chi connectivity index (χ3n) is 4.66. The Morgan fingerprint density at radius 1 is 1.52 bits per heavy atom. The van der Waals surface area contributed by atoms with Gasteiger partial charge < -0.3 is 15.0 Å². The molecule has 2 rings (SSSR count). The Bertz CT molecular complexity index is 547. The van der Waals surface area contributed by atoms with E-state index in [2.05, 4.69) is 38.0 Å². The molecule has 5 heteroatoms. The van der Waals surface area contributed by atoms with E-state index in [9.17, 15) is 4.79 Å². The minimum Gasteiger partial charge on any atom is -0.372 e. The fourth-order valence-corrected chi connectivity index (χ4v) is 2.92. The molecule has 2 heterocycles. The molecule has 0 saturated carbocycles. The summed E-state index contributed by atoms with van der Waals surface area (Å²) in [6.07, 6.45) is 2.68. The summed E-state index contributed by atoms with van der Waals surface area (Å²) in [4.78, 5) is 19.1. The molecule has 0 aromatic carbocycles. The number of aryl methyl sites for hydroxylation is 1. The maximum Gasteiger partial charge on any atom is 0.318 e. The topological polar surface area (TPSA) is 54.5 Å². The summed E-state index contributed by atoms with van der Waals surface area (Å²) >= 11 is 0. The predicted octanol–water partition coefficient (Wildman–Crippen LogP) is 3.30. The van der Waals surface area contributed by atoms with Gasteiger partial charge in [0.05, 0.1) is 30.5 Å². The molecule has 0 radical (unpaired) electrons. The molecule has 1 aliphatic rings. The lowest BCUT2D eigenvalue weighted by Crippen LogP contribution is -2.55. The molecule has 1 aliphatic heterocycles. The van der Waals surface area contributed by atoms with Gasteiger partial charge in [0.2, 0.25) is 0 Å². The van der Waals surface area contributed by atoms with Gasteiger partial charge in [0.1, 0.15) is 0 Å². The van der Waals surface area contributed by atoms with Crippen molar-refractivity contribution in [3.8, 4) is 0 Å².